The van der Waals surface area contributed by atoms with Gasteiger partial charge in [-0.15, -0.1) is 0 Å². The standard InChI is InChI=1S/C12H27N3O/c1-11(7-8-13)5-6-12(16)15(3)10-4-9-14-2/h11,14H,4-10,13H2,1-3H3. The third-order valence-corrected chi connectivity index (χ3v) is 2.86. The summed E-state index contributed by atoms with van der Waals surface area (Å²) in [6, 6.07) is 0. The fraction of sp³-hybridized carbons (Fsp3) is 0.917. The molecule has 0 fully saturated rings. The Hall–Kier alpha value is -0.610. The van der Waals surface area contributed by atoms with Gasteiger partial charge in [0.1, 0.15) is 0 Å². The predicted molar refractivity (Wildman–Crippen MR) is 68.3 cm³/mol. The summed E-state index contributed by atoms with van der Waals surface area (Å²) >= 11 is 0. The second-order valence-corrected chi connectivity index (χ2v) is 4.49. The van der Waals surface area contributed by atoms with E-state index in [-0.39, 0.29) is 5.91 Å². The van der Waals surface area contributed by atoms with Gasteiger partial charge < -0.3 is 16.0 Å². The van der Waals surface area contributed by atoms with Crippen molar-refractivity contribution in [1.29, 1.82) is 0 Å². The molecule has 1 unspecified atom stereocenters. The number of nitrogens with two attached hydrogens (primary N) is 1. The molecule has 0 radical (unpaired) electrons. The van der Waals surface area contributed by atoms with Crippen molar-refractivity contribution in [3.63, 3.8) is 0 Å². The third kappa shape index (κ3) is 7.65. The number of nitrogens with zero attached hydrogens (tertiary/aromatic N) is 1. The highest BCUT2D eigenvalue weighted by atomic mass is 16.2. The zero-order valence-electron chi connectivity index (χ0n) is 11.0. The van der Waals surface area contributed by atoms with Crippen LogP contribution in [0.5, 0.6) is 0 Å². The predicted octanol–water partition coefficient (Wildman–Crippen LogP) is 0.819. The van der Waals surface area contributed by atoms with Crippen molar-refractivity contribution >= 4 is 5.91 Å². The third-order valence-electron chi connectivity index (χ3n) is 2.86. The van der Waals surface area contributed by atoms with Gasteiger partial charge in [-0.3, -0.25) is 4.79 Å². The van der Waals surface area contributed by atoms with Gasteiger partial charge in [-0.25, -0.2) is 0 Å². The second kappa shape index (κ2) is 9.60. The van der Waals surface area contributed by atoms with E-state index in [9.17, 15) is 4.79 Å². The van der Waals surface area contributed by atoms with Crippen molar-refractivity contribution in [3.05, 3.63) is 0 Å². The molecule has 0 saturated carbocycles. The summed E-state index contributed by atoms with van der Waals surface area (Å²) in [4.78, 5) is 13.5. The summed E-state index contributed by atoms with van der Waals surface area (Å²) in [7, 11) is 3.81. The molecule has 0 aromatic heterocycles. The van der Waals surface area contributed by atoms with E-state index in [2.05, 4.69) is 12.2 Å². The van der Waals surface area contributed by atoms with Gasteiger partial charge in [-0.05, 0) is 45.3 Å². The van der Waals surface area contributed by atoms with Crippen molar-refractivity contribution in [2.24, 2.45) is 11.7 Å². The van der Waals surface area contributed by atoms with Crippen molar-refractivity contribution < 1.29 is 4.79 Å². The van der Waals surface area contributed by atoms with E-state index in [1.807, 2.05) is 19.0 Å². The van der Waals surface area contributed by atoms with E-state index >= 15 is 0 Å². The maximum absolute atomic E-state index is 11.7. The van der Waals surface area contributed by atoms with Crippen LogP contribution in [0, 0.1) is 5.92 Å². The number of carbonyl (C=O) groups is 1. The number of hydrogen-bond acceptors (Lipinski definition) is 3. The molecule has 0 saturated heterocycles. The summed E-state index contributed by atoms with van der Waals surface area (Å²) in [5, 5.41) is 3.08. The first kappa shape index (κ1) is 15.4. The molecule has 0 bridgehead atoms. The summed E-state index contributed by atoms with van der Waals surface area (Å²) < 4.78 is 0. The molecule has 4 nitrogen and oxygen atoms in total. The highest BCUT2D eigenvalue weighted by Gasteiger charge is 2.10. The molecule has 96 valence electrons. The van der Waals surface area contributed by atoms with E-state index in [4.69, 9.17) is 5.73 Å². The molecule has 1 atom stereocenters. The van der Waals surface area contributed by atoms with Crippen LogP contribution in [-0.2, 0) is 4.79 Å². The lowest BCUT2D eigenvalue weighted by atomic mass is 10.0. The Morgan fingerprint density at radius 2 is 2.12 bits per heavy atom. The number of carbonyl (C=O) groups excluding carboxylic acids is 1. The van der Waals surface area contributed by atoms with Crippen LogP contribution >= 0.6 is 0 Å². The quantitative estimate of drug-likeness (QED) is 0.576. The minimum absolute atomic E-state index is 0.250. The van der Waals surface area contributed by atoms with Crippen molar-refractivity contribution in [2.75, 3.05) is 33.7 Å². The maximum Gasteiger partial charge on any atom is 0.222 e. The van der Waals surface area contributed by atoms with Crippen molar-refractivity contribution in [3.8, 4) is 0 Å². The van der Waals surface area contributed by atoms with Crippen LogP contribution < -0.4 is 11.1 Å². The topological polar surface area (TPSA) is 58.4 Å². The lowest BCUT2D eigenvalue weighted by Crippen LogP contribution is -2.29. The Morgan fingerprint density at radius 1 is 1.44 bits per heavy atom. The van der Waals surface area contributed by atoms with Crippen LogP contribution in [0.3, 0.4) is 0 Å². The molecule has 3 N–H and O–H groups in total. The number of nitrogens with one attached hydrogen (secondary N) is 1. The molecular formula is C12H27N3O. The molecule has 16 heavy (non-hydrogen) atoms. The number of amides is 1. The molecule has 0 aliphatic carbocycles. The number of rotatable bonds is 9. The average Bonchev–Trinajstić information content (AvgIpc) is 2.26. The van der Waals surface area contributed by atoms with Crippen LogP contribution in [0.4, 0.5) is 0 Å². The van der Waals surface area contributed by atoms with E-state index < -0.39 is 0 Å². The Balaban J connectivity index is 3.62. The summed E-state index contributed by atoms with van der Waals surface area (Å²) in [6.45, 7) is 4.67. The highest BCUT2D eigenvalue weighted by molar-refractivity contribution is 5.75. The molecule has 0 aliphatic heterocycles. The largest absolute Gasteiger partial charge is 0.346 e. The monoisotopic (exact) mass is 229 g/mol. The van der Waals surface area contributed by atoms with Gasteiger partial charge in [-0.1, -0.05) is 6.92 Å². The van der Waals surface area contributed by atoms with Gasteiger partial charge in [0, 0.05) is 20.0 Å². The van der Waals surface area contributed by atoms with Gasteiger partial charge in [0.15, 0.2) is 0 Å². The van der Waals surface area contributed by atoms with Crippen LogP contribution in [-0.4, -0.2) is 44.5 Å². The van der Waals surface area contributed by atoms with Gasteiger partial charge in [0.2, 0.25) is 5.91 Å². The molecular weight excluding hydrogens is 202 g/mol. The van der Waals surface area contributed by atoms with Crippen LogP contribution in [0.1, 0.15) is 32.6 Å². The van der Waals surface area contributed by atoms with E-state index in [1.54, 1.807) is 0 Å². The lowest BCUT2D eigenvalue weighted by Gasteiger charge is -2.18. The first-order chi connectivity index (χ1) is 7.61. The van der Waals surface area contributed by atoms with Gasteiger partial charge >= 0.3 is 0 Å². The van der Waals surface area contributed by atoms with Crippen molar-refractivity contribution in [2.45, 2.75) is 32.6 Å². The maximum atomic E-state index is 11.7. The lowest BCUT2D eigenvalue weighted by molar-refractivity contribution is -0.130. The zero-order valence-corrected chi connectivity index (χ0v) is 11.0. The Labute approximate surface area is 99.6 Å². The van der Waals surface area contributed by atoms with E-state index in [1.165, 1.54) is 0 Å². The molecule has 0 spiro atoms. The van der Waals surface area contributed by atoms with E-state index in [0.717, 1.165) is 32.4 Å². The Bertz CT molecular complexity index is 185. The molecule has 4 heteroatoms. The minimum Gasteiger partial charge on any atom is -0.346 e. The van der Waals surface area contributed by atoms with Crippen molar-refractivity contribution in [1.82, 2.24) is 10.2 Å². The smallest absolute Gasteiger partial charge is 0.222 e. The molecule has 0 aromatic rings. The molecule has 0 aliphatic rings. The summed E-state index contributed by atoms with van der Waals surface area (Å²) in [6.07, 6.45) is 3.62. The first-order valence-corrected chi connectivity index (χ1v) is 6.20. The van der Waals surface area contributed by atoms with Crippen LogP contribution in [0.2, 0.25) is 0 Å². The van der Waals surface area contributed by atoms with Gasteiger partial charge in [0.25, 0.3) is 0 Å². The normalized spacial score (nSPS) is 12.5. The van der Waals surface area contributed by atoms with Crippen LogP contribution in [0.15, 0.2) is 0 Å². The summed E-state index contributed by atoms with van der Waals surface area (Å²) in [5.41, 5.74) is 5.47. The van der Waals surface area contributed by atoms with Gasteiger partial charge in [0.05, 0.1) is 0 Å². The molecule has 0 rings (SSSR count). The number of hydrogen-bond donors (Lipinski definition) is 2. The average molecular weight is 229 g/mol. The SMILES string of the molecule is CNCCCN(C)C(=O)CCC(C)CCN. The summed E-state index contributed by atoms with van der Waals surface area (Å²) in [5.74, 6) is 0.805. The molecule has 1 amide bonds. The van der Waals surface area contributed by atoms with E-state index in [0.29, 0.717) is 18.9 Å². The minimum atomic E-state index is 0.250. The Morgan fingerprint density at radius 3 is 2.69 bits per heavy atom. The fourth-order valence-electron chi connectivity index (χ4n) is 1.61. The molecule has 0 aromatic carbocycles. The fourth-order valence-corrected chi connectivity index (χ4v) is 1.61. The Kier molecular flexibility index (Phi) is 9.24. The second-order valence-electron chi connectivity index (χ2n) is 4.49. The highest BCUT2D eigenvalue weighted by Crippen LogP contribution is 2.10. The van der Waals surface area contributed by atoms with Gasteiger partial charge in [-0.2, -0.15) is 0 Å². The first-order valence-electron chi connectivity index (χ1n) is 6.20. The van der Waals surface area contributed by atoms with Crippen LogP contribution in [0.25, 0.3) is 0 Å². The zero-order chi connectivity index (χ0) is 12.4. The molecule has 0 heterocycles.